The van der Waals surface area contributed by atoms with Crippen molar-refractivity contribution >= 4 is 11.9 Å². The molecular weight excluding hydrogens is 274 g/mol. The Bertz CT molecular complexity index is 501. The molecule has 0 spiro atoms. The van der Waals surface area contributed by atoms with Crippen molar-refractivity contribution in [1.82, 2.24) is 5.01 Å². The maximum absolute atomic E-state index is 10.3. The highest BCUT2D eigenvalue weighted by Crippen LogP contribution is 2.25. The van der Waals surface area contributed by atoms with E-state index in [1.807, 2.05) is 12.1 Å². The van der Waals surface area contributed by atoms with Gasteiger partial charge >= 0.3 is 0 Å². The summed E-state index contributed by atoms with van der Waals surface area (Å²) in [5.74, 6) is 0.297. The average Bonchev–Trinajstić information content (AvgIpc) is 2.50. The van der Waals surface area contributed by atoms with Gasteiger partial charge in [-0.25, -0.2) is 0 Å². The summed E-state index contributed by atoms with van der Waals surface area (Å²) < 4.78 is 0. The quantitative estimate of drug-likeness (QED) is 0.840. The molecule has 1 heterocycles. The first kappa shape index (κ1) is 16.7. The molecule has 1 aliphatic rings. The maximum atomic E-state index is 10.3. The molecule has 0 unspecified atom stereocenters. The van der Waals surface area contributed by atoms with Crippen LogP contribution in [0.2, 0.25) is 0 Å². The second-order valence-corrected chi connectivity index (χ2v) is 6.17. The molecule has 2 rings (SSSR count). The van der Waals surface area contributed by atoms with Gasteiger partial charge in [-0.2, -0.15) is 5.10 Å². The van der Waals surface area contributed by atoms with E-state index < -0.39 is 0 Å². The van der Waals surface area contributed by atoms with Crippen molar-refractivity contribution in [1.29, 1.82) is 0 Å². The lowest BCUT2D eigenvalue weighted by Gasteiger charge is -2.36. The maximum Gasteiger partial charge on any atom is 0.126 e. The summed E-state index contributed by atoms with van der Waals surface area (Å²) in [6, 6.07) is 6.77. The van der Waals surface area contributed by atoms with Crippen LogP contribution in [0.4, 0.5) is 5.69 Å². The van der Waals surface area contributed by atoms with Crippen LogP contribution in [0.5, 0.6) is 5.75 Å². The molecule has 0 bridgehead atoms. The number of piperidine rings is 1. The van der Waals surface area contributed by atoms with Gasteiger partial charge in [-0.15, -0.1) is 0 Å². The van der Waals surface area contributed by atoms with Gasteiger partial charge in [0.25, 0.3) is 0 Å². The molecule has 0 amide bonds. The summed E-state index contributed by atoms with van der Waals surface area (Å²) in [7, 11) is 0. The van der Waals surface area contributed by atoms with Gasteiger partial charge in [-0.1, -0.05) is 0 Å². The minimum atomic E-state index is 0.297. The summed E-state index contributed by atoms with van der Waals surface area (Å²) in [6.45, 7) is 10.6. The molecule has 4 nitrogen and oxygen atoms in total. The third kappa shape index (κ3) is 3.73. The summed E-state index contributed by atoms with van der Waals surface area (Å²) in [6.07, 6.45) is 5.45. The molecule has 122 valence electrons. The van der Waals surface area contributed by atoms with Crippen LogP contribution in [0.15, 0.2) is 23.3 Å². The number of phenolic OH excluding ortho intramolecular Hbond substituents is 1. The van der Waals surface area contributed by atoms with Crippen molar-refractivity contribution in [3.8, 4) is 5.75 Å². The topological polar surface area (TPSA) is 39.1 Å². The summed E-state index contributed by atoms with van der Waals surface area (Å²) >= 11 is 0. The van der Waals surface area contributed by atoms with Crippen molar-refractivity contribution in [2.24, 2.45) is 5.10 Å². The molecule has 1 aromatic carbocycles. The number of anilines is 1. The van der Waals surface area contributed by atoms with Crippen LogP contribution in [0.3, 0.4) is 0 Å². The predicted molar refractivity (Wildman–Crippen MR) is 93.9 cm³/mol. The number of rotatable bonds is 5. The molecule has 1 N–H and O–H groups in total. The highest BCUT2D eigenvalue weighted by Gasteiger charge is 2.22. The van der Waals surface area contributed by atoms with Crippen molar-refractivity contribution < 1.29 is 5.11 Å². The molecule has 0 aliphatic carbocycles. The minimum absolute atomic E-state index is 0.297. The van der Waals surface area contributed by atoms with Crippen molar-refractivity contribution in [3.63, 3.8) is 0 Å². The van der Waals surface area contributed by atoms with Crippen LogP contribution in [0.25, 0.3) is 0 Å². The van der Waals surface area contributed by atoms with E-state index in [4.69, 9.17) is 0 Å². The molecule has 0 saturated carbocycles. The SMILES string of the molecule is CCN(CC)c1ccc(/C=N/N2[C@@H](C)CCC[C@@H]2C)c(O)c1. The van der Waals surface area contributed by atoms with Gasteiger partial charge in [-0.3, -0.25) is 5.01 Å². The van der Waals surface area contributed by atoms with E-state index in [1.54, 1.807) is 6.21 Å². The highest BCUT2D eigenvalue weighted by molar-refractivity contribution is 5.84. The first-order chi connectivity index (χ1) is 10.6. The number of phenols is 1. The van der Waals surface area contributed by atoms with Crippen LogP contribution in [-0.4, -0.2) is 41.5 Å². The Labute approximate surface area is 134 Å². The first-order valence-corrected chi connectivity index (χ1v) is 8.47. The Morgan fingerprint density at radius 2 is 1.86 bits per heavy atom. The summed E-state index contributed by atoms with van der Waals surface area (Å²) in [5.41, 5.74) is 1.83. The fourth-order valence-corrected chi connectivity index (χ4v) is 3.19. The van der Waals surface area contributed by atoms with Crippen LogP contribution in [0.1, 0.15) is 52.5 Å². The monoisotopic (exact) mass is 303 g/mol. The largest absolute Gasteiger partial charge is 0.507 e. The number of benzene rings is 1. The molecule has 2 atom stereocenters. The fourth-order valence-electron chi connectivity index (χ4n) is 3.19. The number of nitrogens with zero attached hydrogens (tertiary/aromatic N) is 3. The number of hydrogen-bond acceptors (Lipinski definition) is 4. The second kappa shape index (κ2) is 7.52. The second-order valence-electron chi connectivity index (χ2n) is 6.17. The van der Waals surface area contributed by atoms with Crippen LogP contribution >= 0.6 is 0 Å². The van der Waals surface area contributed by atoms with Gasteiger partial charge in [-0.05, 0) is 59.1 Å². The fraction of sp³-hybridized carbons (Fsp3) is 0.611. The Kier molecular flexibility index (Phi) is 5.69. The number of hydrazone groups is 1. The van der Waals surface area contributed by atoms with Gasteiger partial charge in [0.15, 0.2) is 0 Å². The van der Waals surface area contributed by atoms with Crippen LogP contribution in [-0.2, 0) is 0 Å². The minimum Gasteiger partial charge on any atom is -0.507 e. The molecule has 1 saturated heterocycles. The lowest BCUT2D eigenvalue weighted by molar-refractivity contribution is 0.109. The zero-order valence-corrected chi connectivity index (χ0v) is 14.3. The van der Waals surface area contributed by atoms with E-state index in [1.165, 1.54) is 19.3 Å². The molecule has 4 heteroatoms. The molecular formula is C18H29N3O. The van der Waals surface area contributed by atoms with Crippen LogP contribution < -0.4 is 4.90 Å². The Balaban J connectivity index is 2.14. The van der Waals surface area contributed by atoms with Gasteiger partial charge in [0, 0.05) is 42.5 Å². The van der Waals surface area contributed by atoms with Gasteiger partial charge in [0.1, 0.15) is 5.75 Å². The van der Waals surface area contributed by atoms with E-state index in [9.17, 15) is 5.11 Å². The molecule has 22 heavy (non-hydrogen) atoms. The van der Waals surface area contributed by atoms with Gasteiger partial charge < -0.3 is 10.0 Å². The Morgan fingerprint density at radius 1 is 1.23 bits per heavy atom. The van der Waals surface area contributed by atoms with Gasteiger partial charge in [0.05, 0.1) is 6.21 Å². The summed E-state index contributed by atoms with van der Waals surface area (Å²) in [4.78, 5) is 2.22. The van der Waals surface area contributed by atoms with E-state index in [-0.39, 0.29) is 0 Å². The van der Waals surface area contributed by atoms with Gasteiger partial charge in [0.2, 0.25) is 0 Å². The third-order valence-corrected chi connectivity index (χ3v) is 4.62. The first-order valence-electron chi connectivity index (χ1n) is 8.47. The number of aromatic hydroxyl groups is 1. The standard InChI is InChI=1S/C18H29N3O/c1-5-20(6-2)17-11-10-16(18(22)12-17)13-19-21-14(3)8-7-9-15(21)4/h10-15,22H,5-9H2,1-4H3/b19-13+/t14-,15-/m0/s1. The Hall–Kier alpha value is -1.71. The highest BCUT2D eigenvalue weighted by atomic mass is 16.3. The smallest absolute Gasteiger partial charge is 0.126 e. The lowest BCUT2D eigenvalue weighted by Crippen LogP contribution is -2.39. The van der Waals surface area contributed by atoms with E-state index in [2.05, 4.69) is 48.8 Å². The van der Waals surface area contributed by atoms with Crippen molar-refractivity contribution in [3.05, 3.63) is 23.8 Å². The van der Waals surface area contributed by atoms with Crippen LogP contribution in [0, 0.1) is 0 Å². The lowest BCUT2D eigenvalue weighted by atomic mass is 10.00. The molecule has 1 fully saturated rings. The predicted octanol–water partition coefficient (Wildman–Crippen LogP) is 3.84. The zero-order chi connectivity index (χ0) is 16.1. The summed E-state index contributed by atoms with van der Waals surface area (Å²) in [5, 5.41) is 17.0. The molecule has 1 aliphatic heterocycles. The van der Waals surface area contributed by atoms with E-state index in [0.717, 1.165) is 24.3 Å². The normalized spacial score (nSPS) is 22.3. The molecule has 1 aromatic rings. The van der Waals surface area contributed by atoms with E-state index >= 15 is 0 Å². The van der Waals surface area contributed by atoms with Crippen molar-refractivity contribution in [2.75, 3.05) is 18.0 Å². The molecule has 0 aromatic heterocycles. The number of hydrogen-bond donors (Lipinski definition) is 1. The van der Waals surface area contributed by atoms with E-state index in [0.29, 0.717) is 17.8 Å². The van der Waals surface area contributed by atoms with Crippen molar-refractivity contribution in [2.45, 2.75) is 59.0 Å². The average molecular weight is 303 g/mol. The third-order valence-electron chi connectivity index (χ3n) is 4.62. The molecule has 0 radical (unpaired) electrons. The zero-order valence-electron chi connectivity index (χ0n) is 14.3. The Morgan fingerprint density at radius 3 is 2.41 bits per heavy atom.